The monoisotopic (exact) mass is 315 g/mol. The van der Waals surface area contributed by atoms with Crippen LogP contribution in [-0.2, 0) is 15.1 Å². The van der Waals surface area contributed by atoms with E-state index in [-0.39, 0.29) is 0 Å². The fourth-order valence-electron chi connectivity index (χ4n) is 2.29. The number of aryl methyl sites for hydroxylation is 1. The Bertz CT molecular complexity index is 607. The molecule has 108 valence electrons. The third-order valence-electron chi connectivity index (χ3n) is 3.50. The van der Waals surface area contributed by atoms with Gasteiger partial charge in [-0.3, -0.25) is 0 Å². The summed E-state index contributed by atoms with van der Waals surface area (Å²) in [5.41, 5.74) is 0.102. The molecule has 1 aliphatic rings. The Balaban J connectivity index is 1.95. The standard InChI is InChI=1S/C12H14ClN3O3S/c1-7-8(14-11(13)20-7)9-15-10(16-19-9)12(17-2)3-5-18-6-4-12/h3-6H2,1-2H3. The summed E-state index contributed by atoms with van der Waals surface area (Å²) in [5, 5.41) is 4.06. The third-order valence-corrected chi connectivity index (χ3v) is 4.57. The molecule has 20 heavy (non-hydrogen) atoms. The zero-order valence-corrected chi connectivity index (χ0v) is 12.8. The van der Waals surface area contributed by atoms with Gasteiger partial charge in [0.25, 0.3) is 5.89 Å². The third kappa shape index (κ3) is 2.35. The summed E-state index contributed by atoms with van der Waals surface area (Å²) in [7, 11) is 1.66. The van der Waals surface area contributed by atoms with Crippen molar-refractivity contribution in [2.24, 2.45) is 0 Å². The van der Waals surface area contributed by atoms with Gasteiger partial charge in [-0.15, -0.1) is 11.3 Å². The molecule has 0 amide bonds. The van der Waals surface area contributed by atoms with Crippen LogP contribution in [0.5, 0.6) is 0 Å². The number of methoxy groups -OCH3 is 1. The lowest BCUT2D eigenvalue weighted by atomic mass is 9.93. The van der Waals surface area contributed by atoms with Crippen LogP contribution < -0.4 is 0 Å². The topological polar surface area (TPSA) is 70.3 Å². The number of hydrogen-bond donors (Lipinski definition) is 0. The molecule has 0 atom stereocenters. The summed E-state index contributed by atoms with van der Waals surface area (Å²) in [4.78, 5) is 9.61. The Kier molecular flexibility index (Phi) is 3.76. The molecule has 0 aliphatic carbocycles. The maximum Gasteiger partial charge on any atom is 0.277 e. The van der Waals surface area contributed by atoms with E-state index < -0.39 is 5.60 Å². The lowest BCUT2D eigenvalue weighted by molar-refractivity contribution is -0.101. The van der Waals surface area contributed by atoms with Crippen LogP contribution in [0.4, 0.5) is 0 Å². The van der Waals surface area contributed by atoms with Gasteiger partial charge in [-0.05, 0) is 6.92 Å². The van der Waals surface area contributed by atoms with Gasteiger partial charge in [-0.2, -0.15) is 4.98 Å². The number of hydrogen-bond acceptors (Lipinski definition) is 7. The molecule has 2 aromatic heterocycles. The molecule has 3 heterocycles. The molecule has 0 unspecified atom stereocenters. The minimum Gasteiger partial charge on any atom is -0.381 e. The first-order valence-electron chi connectivity index (χ1n) is 6.25. The second-order valence-corrected chi connectivity index (χ2v) is 6.39. The molecule has 1 saturated heterocycles. The van der Waals surface area contributed by atoms with Crippen molar-refractivity contribution < 1.29 is 14.0 Å². The van der Waals surface area contributed by atoms with E-state index in [2.05, 4.69) is 15.1 Å². The molecular weight excluding hydrogens is 302 g/mol. The summed E-state index contributed by atoms with van der Waals surface area (Å²) < 4.78 is 16.8. The van der Waals surface area contributed by atoms with E-state index in [1.54, 1.807) is 7.11 Å². The van der Waals surface area contributed by atoms with Crippen molar-refractivity contribution in [3.8, 4) is 11.6 Å². The van der Waals surface area contributed by atoms with Gasteiger partial charge >= 0.3 is 0 Å². The van der Waals surface area contributed by atoms with Crippen molar-refractivity contribution in [3.05, 3.63) is 15.2 Å². The van der Waals surface area contributed by atoms with E-state index in [1.807, 2.05) is 6.92 Å². The zero-order chi connectivity index (χ0) is 14.2. The predicted octanol–water partition coefficient (Wildman–Crippen LogP) is 2.81. The molecule has 2 aromatic rings. The van der Waals surface area contributed by atoms with E-state index in [9.17, 15) is 0 Å². The Labute approximate surface area is 125 Å². The van der Waals surface area contributed by atoms with Gasteiger partial charge in [0.2, 0.25) is 5.82 Å². The molecule has 0 radical (unpaired) electrons. The zero-order valence-electron chi connectivity index (χ0n) is 11.2. The van der Waals surface area contributed by atoms with Crippen LogP contribution in [0.15, 0.2) is 4.52 Å². The van der Waals surface area contributed by atoms with Crippen LogP contribution in [0.2, 0.25) is 4.47 Å². The molecule has 0 aromatic carbocycles. The maximum absolute atomic E-state index is 5.90. The van der Waals surface area contributed by atoms with Gasteiger partial charge in [0.1, 0.15) is 11.3 Å². The van der Waals surface area contributed by atoms with Crippen molar-refractivity contribution in [3.63, 3.8) is 0 Å². The lowest BCUT2D eigenvalue weighted by Crippen LogP contribution is -2.36. The lowest BCUT2D eigenvalue weighted by Gasteiger charge is -2.32. The predicted molar refractivity (Wildman–Crippen MR) is 73.9 cm³/mol. The van der Waals surface area contributed by atoms with Crippen molar-refractivity contribution in [2.75, 3.05) is 20.3 Å². The SMILES string of the molecule is COC1(c2noc(-c3nc(Cl)sc3C)n2)CCOCC1. The van der Waals surface area contributed by atoms with Gasteiger partial charge in [0, 0.05) is 38.0 Å². The Hall–Kier alpha value is -1.02. The average Bonchev–Trinajstić information content (AvgIpc) is 3.06. The number of thiazole rings is 1. The van der Waals surface area contributed by atoms with Crippen LogP contribution in [0, 0.1) is 6.92 Å². The van der Waals surface area contributed by atoms with Crippen LogP contribution >= 0.6 is 22.9 Å². The minimum atomic E-state index is -0.534. The fourth-order valence-corrected chi connectivity index (χ4v) is 3.34. The summed E-state index contributed by atoms with van der Waals surface area (Å²) in [6.45, 7) is 3.17. The second-order valence-electron chi connectivity index (χ2n) is 4.61. The largest absolute Gasteiger partial charge is 0.381 e. The molecule has 0 saturated carbocycles. The second kappa shape index (κ2) is 5.40. The number of nitrogens with zero attached hydrogens (tertiary/aromatic N) is 3. The average molecular weight is 316 g/mol. The summed E-state index contributed by atoms with van der Waals surface area (Å²) in [6.07, 6.45) is 1.42. The maximum atomic E-state index is 5.90. The Morgan fingerprint density at radius 1 is 1.30 bits per heavy atom. The molecule has 0 bridgehead atoms. The van der Waals surface area contributed by atoms with Crippen molar-refractivity contribution >= 4 is 22.9 Å². The summed E-state index contributed by atoms with van der Waals surface area (Å²) in [5.74, 6) is 0.922. The number of rotatable bonds is 3. The molecular formula is C12H14ClN3O3S. The quantitative estimate of drug-likeness (QED) is 0.867. The highest BCUT2D eigenvalue weighted by molar-refractivity contribution is 7.16. The molecule has 0 N–H and O–H groups in total. The van der Waals surface area contributed by atoms with E-state index in [0.29, 0.717) is 47.9 Å². The molecule has 6 nitrogen and oxygen atoms in total. The van der Waals surface area contributed by atoms with Crippen molar-refractivity contribution in [1.82, 2.24) is 15.1 Å². The first-order valence-corrected chi connectivity index (χ1v) is 7.44. The summed E-state index contributed by atoms with van der Waals surface area (Å²) in [6, 6.07) is 0. The normalized spacial score (nSPS) is 18.4. The first-order chi connectivity index (χ1) is 9.64. The van der Waals surface area contributed by atoms with Crippen LogP contribution in [0.3, 0.4) is 0 Å². The Morgan fingerprint density at radius 3 is 2.65 bits per heavy atom. The molecule has 8 heteroatoms. The van der Waals surface area contributed by atoms with Crippen LogP contribution in [0.25, 0.3) is 11.6 Å². The number of aromatic nitrogens is 3. The van der Waals surface area contributed by atoms with Gasteiger partial charge < -0.3 is 14.0 Å². The smallest absolute Gasteiger partial charge is 0.277 e. The van der Waals surface area contributed by atoms with E-state index in [1.165, 1.54) is 11.3 Å². The molecule has 0 spiro atoms. The van der Waals surface area contributed by atoms with E-state index >= 15 is 0 Å². The molecule has 3 rings (SSSR count). The van der Waals surface area contributed by atoms with Crippen molar-refractivity contribution in [2.45, 2.75) is 25.4 Å². The number of ether oxygens (including phenoxy) is 2. The first kappa shape index (κ1) is 13.9. The summed E-state index contributed by atoms with van der Waals surface area (Å²) >= 11 is 7.29. The van der Waals surface area contributed by atoms with Gasteiger partial charge in [0.05, 0.1) is 0 Å². The minimum absolute atomic E-state index is 0.378. The molecule has 1 aliphatic heterocycles. The fraction of sp³-hybridized carbons (Fsp3) is 0.583. The van der Waals surface area contributed by atoms with Gasteiger partial charge in [-0.25, -0.2) is 4.98 Å². The molecule has 1 fully saturated rings. The highest BCUT2D eigenvalue weighted by Gasteiger charge is 2.39. The van der Waals surface area contributed by atoms with Crippen LogP contribution in [0.1, 0.15) is 23.5 Å². The van der Waals surface area contributed by atoms with Gasteiger partial charge in [0.15, 0.2) is 4.47 Å². The van der Waals surface area contributed by atoms with Crippen LogP contribution in [-0.4, -0.2) is 35.4 Å². The van der Waals surface area contributed by atoms with E-state index in [0.717, 1.165) is 4.88 Å². The van der Waals surface area contributed by atoms with E-state index in [4.69, 9.17) is 25.6 Å². The highest BCUT2D eigenvalue weighted by Crippen LogP contribution is 2.35. The van der Waals surface area contributed by atoms with Crippen molar-refractivity contribution in [1.29, 1.82) is 0 Å². The van der Waals surface area contributed by atoms with Gasteiger partial charge in [-0.1, -0.05) is 16.8 Å². The highest BCUT2D eigenvalue weighted by atomic mass is 35.5. The number of halogens is 1. The Morgan fingerprint density at radius 2 is 2.05 bits per heavy atom.